The number of hydrogen-bond donors (Lipinski definition) is 1. The lowest BCUT2D eigenvalue weighted by molar-refractivity contribution is 0.156. The first kappa shape index (κ1) is 17.4. The van der Waals surface area contributed by atoms with Gasteiger partial charge >= 0.3 is 0 Å². The molecule has 0 saturated carbocycles. The second kappa shape index (κ2) is 8.50. The maximum Gasteiger partial charge on any atom is 0.105 e. The first-order valence-electron chi connectivity index (χ1n) is 7.30. The molecule has 3 heteroatoms. The van der Waals surface area contributed by atoms with Crippen molar-refractivity contribution in [2.24, 2.45) is 5.92 Å². The van der Waals surface area contributed by atoms with Crippen molar-refractivity contribution >= 4 is 0 Å². The van der Waals surface area contributed by atoms with Gasteiger partial charge in [0.15, 0.2) is 0 Å². The Morgan fingerprint density at radius 3 is 2.17 bits per heavy atom. The zero-order valence-electron chi connectivity index (χ0n) is 13.1. The molecule has 2 unspecified atom stereocenters. The Morgan fingerprint density at radius 2 is 1.83 bits per heavy atom. The average Bonchev–Trinajstić information content (AvgIpc) is 2.39. The second-order valence-corrected chi connectivity index (χ2v) is 5.52. The SMILES string of the molecule is CCC(CC)CN(CC)C(C)CC(C)(C#N)NC. The van der Waals surface area contributed by atoms with E-state index < -0.39 is 5.54 Å². The topological polar surface area (TPSA) is 39.1 Å². The van der Waals surface area contributed by atoms with Gasteiger partial charge in [-0.2, -0.15) is 5.26 Å². The van der Waals surface area contributed by atoms with Crippen molar-refractivity contribution in [2.45, 2.75) is 65.5 Å². The molecule has 0 aliphatic rings. The highest BCUT2D eigenvalue weighted by Gasteiger charge is 2.27. The van der Waals surface area contributed by atoms with Gasteiger partial charge in [0.1, 0.15) is 5.54 Å². The fourth-order valence-electron chi connectivity index (χ4n) is 2.42. The molecule has 0 amide bonds. The molecule has 3 nitrogen and oxygen atoms in total. The van der Waals surface area contributed by atoms with Gasteiger partial charge in [-0.3, -0.25) is 0 Å². The highest BCUT2D eigenvalue weighted by atomic mass is 15.2. The standard InChI is InChI=1S/C15H31N3/c1-7-14(8-2)11-18(9-3)13(4)10-15(5,12-16)17-6/h13-14,17H,7-11H2,1-6H3. The van der Waals surface area contributed by atoms with Gasteiger partial charge in [-0.25, -0.2) is 0 Å². The third kappa shape index (κ3) is 5.37. The smallest absolute Gasteiger partial charge is 0.105 e. The van der Waals surface area contributed by atoms with Crippen LogP contribution in [-0.4, -0.2) is 36.6 Å². The molecule has 0 rings (SSSR count). The molecular formula is C15H31N3. The van der Waals surface area contributed by atoms with Crippen LogP contribution in [0.1, 0.15) is 53.9 Å². The summed E-state index contributed by atoms with van der Waals surface area (Å²) in [5.41, 5.74) is -0.416. The van der Waals surface area contributed by atoms with Crippen LogP contribution in [0.5, 0.6) is 0 Å². The number of nitrogens with zero attached hydrogens (tertiary/aromatic N) is 2. The molecule has 18 heavy (non-hydrogen) atoms. The van der Waals surface area contributed by atoms with Crippen molar-refractivity contribution in [2.75, 3.05) is 20.1 Å². The maximum atomic E-state index is 9.23. The fraction of sp³-hybridized carbons (Fsp3) is 0.933. The predicted octanol–water partition coefficient (Wildman–Crippen LogP) is 3.02. The highest BCUT2D eigenvalue weighted by molar-refractivity contribution is 5.04. The van der Waals surface area contributed by atoms with Crippen molar-refractivity contribution in [1.29, 1.82) is 5.26 Å². The molecule has 0 aromatic carbocycles. The summed E-state index contributed by atoms with van der Waals surface area (Å²) in [5, 5.41) is 12.4. The molecular weight excluding hydrogens is 222 g/mol. The summed E-state index contributed by atoms with van der Waals surface area (Å²) in [6.07, 6.45) is 3.34. The van der Waals surface area contributed by atoms with Gasteiger partial charge in [0, 0.05) is 12.6 Å². The van der Waals surface area contributed by atoms with Crippen LogP contribution in [-0.2, 0) is 0 Å². The molecule has 106 valence electrons. The zero-order valence-corrected chi connectivity index (χ0v) is 13.1. The number of nitrogens with one attached hydrogen (secondary N) is 1. The summed E-state index contributed by atoms with van der Waals surface area (Å²) in [4.78, 5) is 2.50. The molecule has 2 atom stereocenters. The minimum absolute atomic E-state index is 0.416. The van der Waals surface area contributed by atoms with Crippen LogP contribution in [0, 0.1) is 17.2 Å². The first-order valence-corrected chi connectivity index (χ1v) is 7.30. The van der Waals surface area contributed by atoms with E-state index in [1.807, 2.05) is 14.0 Å². The van der Waals surface area contributed by atoms with Gasteiger partial charge in [0.25, 0.3) is 0 Å². The molecule has 0 heterocycles. The van der Waals surface area contributed by atoms with E-state index in [1.54, 1.807) is 0 Å². The zero-order chi connectivity index (χ0) is 14.2. The van der Waals surface area contributed by atoms with Gasteiger partial charge in [0.2, 0.25) is 0 Å². The molecule has 0 aliphatic carbocycles. The van der Waals surface area contributed by atoms with E-state index in [-0.39, 0.29) is 0 Å². The summed E-state index contributed by atoms with van der Waals surface area (Å²) < 4.78 is 0. The number of nitriles is 1. The summed E-state index contributed by atoms with van der Waals surface area (Å²) in [7, 11) is 1.87. The predicted molar refractivity (Wildman–Crippen MR) is 78.5 cm³/mol. The lowest BCUT2D eigenvalue weighted by Crippen LogP contribution is -2.46. The third-order valence-corrected chi connectivity index (χ3v) is 4.18. The van der Waals surface area contributed by atoms with E-state index in [0.29, 0.717) is 6.04 Å². The Morgan fingerprint density at radius 1 is 1.28 bits per heavy atom. The van der Waals surface area contributed by atoms with E-state index in [9.17, 15) is 5.26 Å². The molecule has 0 fully saturated rings. The molecule has 0 saturated heterocycles. The summed E-state index contributed by atoms with van der Waals surface area (Å²) in [6, 6.07) is 2.82. The van der Waals surface area contributed by atoms with Crippen LogP contribution in [0.2, 0.25) is 0 Å². The molecule has 0 radical (unpaired) electrons. The largest absolute Gasteiger partial charge is 0.303 e. The Hall–Kier alpha value is -0.590. The van der Waals surface area contributed by atoms with Gasteiger partial charge in [-0.15, -0.1) is 0 Å². The Kier molecular flexibility index (Phi) is 8.22. The quantitative estimate of drug-likeness (QED) is 0.686. The van der Waals surface area contributed by atoms with Gasteiger partial charge in [-0.1, -0.05) is 33.6 Å². The Bertz CT molecular complexity index is 255. The van der Waals surface area contributed by atoms with Crippen molar-refractivity contribution < 1.29 is 0 Å². The maximum absolute atomic E-state index is 9.23. The van der Waals surface area contributed by atoms with Crippen molar-refractivity contribution in [3.8, 4) is 6.07 Å². The van der Waals surface area contributed by atoms with Gasteiger partial charge < -0.3 is 10.2 Å². The van der Waals surface area contributed by atoms with Crippen LogP contribution >= 0.6 is 0 Å². The molecule has 0 aromatic heterocycles. The van der Waals surface area contributed by atoms with Crippen molar-refractivity contribution in [3.63, 3.8) is 0 Å². The molecule has 0 aliphatic heterocycles. The van der Waals surface area contributed by atoms with Gasteiger partial charge in [-0.05, 0) is 39.8 Å². The minimum Gasteiger partial charge on any atom is -0.303 e. The molecule has 0 bridgehead atoms. The van der Waals surface area contributed by atoms with E-state index in [0.717, 1.165) is 25.4 Å². The van der Waals surface area contributed by atoms with Crippen LogP contribution < -0.4 is 5.32 Å². The van der Waals surface area contributed by atoms with Gasteiger partial charge in [0.05, 0.1) is 6.07 Å². The van der Waals surface area contributed by atoms with E-state index in [1.165, 1.54) is 12.8 Å². The van der Waals surface area contributed by atoms with E-state index in [2.05, 4.69) is 44.0 Å². The van der Waals surface area contributed by atoms with Crippen LogP contribution in [0.15, 0.2) is 0 Å². The lowest BCUT2D eigenvalue weighted by atomic mass is 9.93. The minimum atomic E-state index is -0.416. The monoisotopic (exact) mass is 253 g/mol. The third-order valence-electron chi connectivity index (χ3n) is 4.18. The van der Waals surface area contributed by atoms with Crippen LogP contribution in [0.25, 0.3) is 0 Å². The Balaban J connectivity index is 4.52. The van der Waals surface area contributed by atoms with Crippen molar-refractivity contribution in [1.82, 2.24) is 10.2 Å². The number of hydrogen-bond acceptors (Lipinski definition) is 3. The molecule has 0 aromatic rings. The van der Waals surface area contributed by atoms with E-state index >= 15 is 0 Å². The normalized spacial score (nSPS) is 16.6. The van der Waals surface area contributed by atoms with E-state index in [4.69, 9.17) is 0 Å². The lowest BCUT2D eigenvalue weighted by Gasteiger charge is -2.34. The highest BCUT2D eigenvalue weighted by Crippen LogP contribution is 2.18. The summed E-state index contributed by atoms with van der Waals surface area (Å²) >= 11 is 0. The van der Waals surface area contributed by atoms with Crippen LogP contribution in [0.3, 0.4) is 0 Å². The second-order valence-electron chi connectivity index (χ2n) is 5.52. The Labute approximate surface area is 114 Å². The fourth-order valence-corrected chi connectivity index (χ4v) is 2.42. The van der Waals surface area contributed by atoms with Crippen molar-refractivity contribution in [3.05, 3.63) is 0 Å². The average molecular weight is 253 g/mol. The first-order chi connectivity index (χ1) is 8.46. The number of rotatable bonds is 9. The summed E-state index contributed by atoms with van der Waals surface area (Å²) in [6.45, 7) is 13.2. The molecule has 0 spiro atoms. The molecule has 1 N–H and O–H groups in total. The van der Waals surface area contributed by atoms with Crippen LogP contribution in [0.4, 0.5) is 0 Å². The summed E-state index contributed by atoms with van der Waals surface area (Å²) in [5.74, 6) is 0.773.